The standard InChI is InChI=1S/C30H29FN10O10P2S2/c1-14-21-16(48-28(14)41-13-36-20-26(43)38-30-32-7-8-39(30)27(20)41)9-46-53(45,55)51-22-17(10-47-52(44,54)50-21)49-29(18(22)31)40-12-35-19-23(33-11-34-24(19)40)37-25(42)15-5-3-2-4-6-15/h2-8,11-14,16-18,21-22,28-29H,9-10H2,1H3,(H,44,54)(H,45,55)(H,32,38,43)(H,33,34,37,42)/t14-,16-,17-,18-,21+,22-,28-,29-,52?,53?/m1/s1. The number of anilines is 1. The first-order valence-corrected chi connectivity index (χ1v) is 22.0. The maximum atomic E-state index is 16.5. The Balaban J connectivity index is 0.976. The number of amides is 1. The zero-order valence-corrected chi connectivity index (χ0v) is 31.7. The molecule has 288 valence electrons. The van der Waals surface area contributed by atoms with E-state index >= 15 is 4.39 Å². The van der Waals surface area contributed by atoms with Crippen molar-refractivity contribution >= 4 is 77.9 Å². The highest BCUT2D eigenvalue weighted by atomic mass is 32.7. The number of H-pyrrole nitrogens is 1. The second-order valence-corrected chi connectivity index (χ2v) is 18.6. The van der Waals surface area contributed by atoms with E-state index in [1.54, 1.807) is 52.4 Å². The molecule has 0 saturated carbocycles. The molecule has 3 fully saturated rings. The monoisotopic (exact) mass is 834 g/mol. The van der Waals surface area contributed by atoms with Gasteiger partial charge in [0.1, 0.15) is 37.0 Å². The van der Waals surface area contributed by atoms with Crippen LogP contribution in [0.1, 0.15) is 29.7 Å². The fourth-order valence-electron chi connectivity index (χ4n) is 6.95. The van der Waals surface area contributed by atoms with Gasteiger partial charge in [-0.3, -0.25) is 46.2 Å². The molecule has 0 spiro atoms. The lowest BCUT2D eigenvalue weighted by atomic mass is 10.0. The van der Waals surface area contributed by atoms with Gasteiger partial charge in [-0.1, -0.05) is 49.6 Å². The van der Waals surface area contributed by atoms with Crippen LogP contribution < -0.4 is 10.9 Å². The number of carbonyl (C=O) groups excluding carboxylic acids is 1. The van der Waals surface area contributed by atoms with Crippen LogP contribution >= 0.6 is 38.1 Å². The predicted octanol–water partition coefficient (Wildman–Crippen LogP) is 4.13. The second kappa shape index (κ2) is 13.9. The molecule has 10 atom stereocenters. The van der Waals surface area contributed by atoms with Crippen LogP contribution in [0.5, 0.6) is 0 Å². The highest BCUT2D eigenvalue weighted by Crippen LogP contribution is 2.61. The highest BCUT2D eigenvalue weighted by molar-refractivity contribution is 8.44. The molecule has 3 aliphatic rings. The Bertz CT molecular complexity index is 2610. The summed E-state index contributed by atoms with van der Waals surface area (Å²) in [5.41, 5.74) is 0.592. The van der Waals surface area contributed by atoms with Gasteiger partial charge in [-0.15, -0.1) is 0 Å². The summed E-state index contributed by atoms with van der Waals surface area (Å²) >= 11 is 8.35. The molecule has 3 aliphatic heterocycles. The third-order valence-electron chi connectivity index (χ3n) is 9.48. The number of carbonyl (C=O) groups is 1. The van der Waals surface area contributed by atoms with Crippen LogP contribution in [0.4, 0.5) is 10.2 Å². The minimum absolute atomic E-state index is 0.0626. The van der Waals surface area contributed by atoms with Gasteiger partial charge in [-0.05, 0) is 12.1 Å². The van der Waals surface area contributed by atoms with Gasteiger partial charge in [-0.25, -0.2) is 38.4 Å². The van der Waals surface area contributed by atoms with Crippen LogP contribution in [-0.2, 0) is 36.7 Å². The summed E-state index contributed by atoms with van der Waals surface area (Å²) < 4.78 is 83.7. The maximum Gasteiger partial charge on any atom is 0.386 e. The number of imidazole rings is 3. The number of aromatic nitrogens is 9. The number of hydrogen-bond donors (Lipinski definition) is 4. The van der Waals surface area contributed by atoms with Crippen LogP contribution in [0.25, 0.3) is 28.1 Å². The molecule has 8 heterocycles. The number of halogens is 1. The molecule has 2 unspecified atom stereocenters. The quantitative estimate of drug-likeness (QED) is 0.145. The van der Waals surface area contributed by atoms with E-state index in [4.69, 9.17) is 27.6 Å². The van der Waals surface area contributed by atoms with Gasteiger partial charge in [0.2, 0.25) is 5.78 Å². The van der Waals surface area contributed by atoms with Crippen molar-refractivity contribution in [3.63, 3.8) is 0 Å². The van der Waals surface area contributed by atoms with Gasteiger partial charge in [0.05, 0.1) is 25.9 Å². The van der Waals surface area contributed by atoms with Crippen LogP contribution in [-0.4, -0.2) is 93.1 Å². The van der Waals surface area contributed by atoms with Crippen molar-refractivity contribution in [3.05, 3.63) is 77.6 Å². The smallest absolute Gasteiger partial charge is 0.349 e. The summed E-state index contributed by atoms with van der Waals surface area (Å²) in [6.45, 7) is -7.98. The zero-order chi connectivity index (χ0) is 38.2. The van der Waals surface area contributed by atoms with Crippen LogP contribution in [0, 0.1) is 5.92 Å². The Morgan fingerprint density at radius 1 is 0.909 bits per heavy atom. The molecule has 25 heteroatoms. The summed E-state index contributed by atoms with van der Waals surface area (Å²) in [5.74, 6) is -0.744. The van der Waals surface area contributed by atoms with Crippen LogP contribution in [0.2, 0.25) is 0 Å². The largest absolute Gasteiger partial charge is 0.386 e. The van der Waals surface area contributed by atoms with E-state index in [0.29, 0.717) is 11.2 Å². The molecule has 2 N–H and O–H groups in total. The van der Waals surface area contributed by atoms with E-state index in [9.17, 15) is 18.7 Å². The topological polar surface area (TPSA) is 230 Å². The number of aromatic amines is 1. The van der Waals surface area contributed by atoms with Gasteiger partial charge in [0, 0.05) is 23.9 Å². The van der Waals surface area contributed by atoms with Crippen molar-refractivity contribution in [3.8, 4) is 0 Å². The third kappa shape index (κ3) is 6.61. The van der Waals surface area contributed by atoms with E-state index in [0.717, 1.165) is 6.33 Å². The lowest BCUT2D eigenvalue weighted by Crippen LogP contribution is -2.36. The average Bonchev–Trinajstić information content (AvgIpc) is 3.99. The minimum Gasteiger partial charge on any atom is -0.349 e. The van der Waals surface area contributed by atoms with E-state index in [1.807, 2.05) is 0 Å². The van der Waals surface area contributed by atoms with Gasteiger partial charge >= 0.3 is 13.6 Å². The molecule has 9 rings (SSSR count). The molecule has 1 amide bonds. The predicted molar refractivity (Wildman–Crippen MR) is 196 cm³/mol. The lowest BCUT2D eigenvalue weighted by Gasteiger charge is -2.28. The van der Waals surface area contributed by atoms with Crippen molar-refractivity contribution in [2.75, 3.05) is 18.5 Å². The Morgan fingerprint density at radius 3 is 2.35 bits per heavy atom. The molecule has 5 aromatic heterocycles. The number of fused-ring (bicyclic) bond motifs is 6. The number of thiol groups is 2. The SMILES string of the molecule is C[C@@H]1[C@@H]2OP(=O)(S)OC[C@H]3O[C@@H](n4cnc5c(NC(=O)c6ccccc6)ncnc54)[C@H](F)[C@@H]3OP(=O)(S)OC[C@H]2O[C@H]1n1cnc2c(=O)[nH]c3nccn3c21. The molecule has 0 aliphatic carbocycles. The normalized spacial score (nSPS) is 32.9. The molecule has 0 radical (unpaired) electrons. The van der Waals surface area contributed by atoms with Gasteiger partial charge in [0.25, 0.3) is 11.5 Å². The Kier molecular flexibility index (Phi) is 9.23. The minimum atomic E-state index is -4.38. The number of nitrogens with one attached hydrogen (secondary N) is 2. The lowest BCUT2D eigenvalue weighted by molar-refractivity contribution is -0.0542. The number of ether oxygens (including phenoxy) is 2. The van der Waals surface area contributed by atoms with Crippen LogP contribution in [0.15, 0.2) is 66.5 Å². The van der Waals surface area contributed by atoms with Crippen LogP contribution in [0.3, 0.4) is 0 Å². The number of hydrogen-bond acceptors (Lipinski definition) is 15. The molecule has 55 heavy (non-hydrogen) atoms. The number of benzene rings is 1. The van der Waals surface area contributed by atoms with Gasteiger partial charge < -0.3 is 14.8 Å². The first kappa shape index (κ1) is 36.6. The number of nitrogens with zero attached hydrogens (tertiary/aromatic N) is 8. The van der Waals surface area contributed by atoms with E-state index < -0.39 is 87.2 Å². The number of alkyl halides is 1. The van der Waals surface area contributed by atoms with Crippen molar-refractivity contribution in [2.45, 2.75) is 50.0 Å². The summed E-state index contributed by atoms with van der Waals surface area (Å²) in [7, 11) is 0. The second-order valence-electron chi connectivity index (χ2n) is 12.9. The van der Waals surface area contributed by atoms with Crippen molar-refractivity contribution in [1.29, 1.82) is 0 Å². The van der Waals surface area contributed by atoms with Crippen molar-refractivity contribution in [2.24, 2.45) is 5.92 Å². The Hall–Kier alpha value is -4.02. The first-order chi connectivity index (χ1) is 26.4. The van der Waals surface area contributed by atoms with Crippen molar-refractivity contribution in [1.82, 2.24) is 43.4 Å². The molecule has 3 saturated heterocycles. The zero-order valence-electron chi connectivity index (χ0n) is 28.1. The maximum absolute atomic E-state index is 16.5. The van der Waals surface area contributed by atoms with Gasteiger partial charge in [0.15, 0.2) is 40.5 Å². The molecule has 20 nitrogen and oxygen atoms in total. The highest BCUT2D eigenvalue weighted by Gasteiger charge is 2.53. The molecule has 6 aromatic rings. The van der Waals surface area contributed by atoms with E-state index in [-0.39, 0.29) is 28.3 Å². The summed E-state index contributed by atoms with van der Waals surface area (Å²) in [4.78, 5) is 49.3. The first-order valence-electron chi connectivity index (χ1n) is 16.6. The Labute approximate surface area is 318 Å². The average molecular weight is 835 g/mol. The molecule has 0 bridgehead atoms. The van der Waals surface area contributed by atoms with E-state index in [1.165, 1.54) is 23.4 Å². The van der Waals surface area contributed by atoms with E-state index in [2.05, 4.69) is 59.7 Å². The van der Waals surface area contributed by atoms with Gasteiger partial charge in [-0.2, -0.15) is 0 Å². The molecule has 1 aromatic carbocycles. The third-order valence-corrected chi connectivity index (χ3v) is 12.7. The molecular formula is C30H29FN10O10P2S2. The fraction of sp³-hybridized carbons (Fsp3) is 0.367. The molecular weight excluding hydrogens is 805 g/mol. The summed E-state index contributed by atoms with van der Waals surface area (Å²) in [5, 5.41) is 2.68. The summed E-state index contributed by atoms with van der Waals surface area (Å²) in [6, 6.07) is 8.43. The van der Waals surface area contributed by atoms with Crippen molar-refractivity contribution < 1.29 is 45.9 Å². The Morgan fingerprint density at radius 2 is 1.58 bits per heavy atom. The number of rotatable bonds is 4. The fourth-order valence-corrected chi connectivity index (χ4v) is 9.99. The summed E-state index contributed by atoms with van der Waals surface area (Å²) in [6.07, 6.45) is -2.59.